The van der Waals surface area contributed by atoms with Gasteiger partial charge in [-0.05, 0) is 62.5 Å². The highest BCUT2D eigenvalue weighted by molar-refractivity contribution is 6.30. The molecule has 21 heavy (non-hydrogen) atoms. The average molecular weight is 321 g/mol. The molecule has 1 atom stereocenters. The molecule has 0 amide bonds. The topological polar surface area (TPSA) is 29.3 Å². The maximum atomic E-state index is 12.8. The minimum Gasteiger partial charge on any atom is -0.328 e. The standard InChI is InChI=1S/C15H20ClF3N2/c1-10(20)12-2-4-21(5-3-12)9-11-6-13(15(17,18)19)8-14(16)7-11/h6-8,10,12H,2-5,9,20H2,1H3. The van der Waals surface area contributed by atoms with Crippen molar-refractivity contribution in [3.05, 3.63) is 34.3 Å². The summed E-state index contributed by atoms with van der Waals surface area (Å²) in [6.45, 7) is 4.22. The molecule has 0 bridgehead atoms. The van der Waals surface area contributed by atoms with Crippen molar-refractivity contribution in [2.75, 3.05) is 13.1 Å². The summed E-state index contributed by atoms with van der Waals surface area (Å²) in [5, 5.41) is 0.130. The number of benzene rings is 1. The highest BCUT2D eigenvalue weighted by Gasteiger charge is 2.31. The summed E-state index contributed by atoms with van der Waals surface area (Å²) in [4.78, 5) is 2.16. The first kappa shape index (κ1) is 16.6. The van der Waals surface area contributed by atoms with Crippen molar-refractivity contribution in [1.29, 1.82) is 0 Å². The number of piperidine rings is 1. The van der Waals surface area contributed by atoms with Crippen LogP contribution < -0.4 is 5.73 Å². The molecule has 0 saturated carbocycles. The van der Waals surface area contributed by atoms with Gasteiger partial charge >= 0.3 is 6.18 Å². The van der Waals surface area contributed by atoms with E-state index in [1.54, 1.807) is 6.07 Å². The van der Waals surface area contributed by atoms with Gasteiger partial charge in [-0.15, -0.1) is 0 Å². The van der Waals surface area contributed by atoms with Crippen LogP contribution >= 0.6 is 11.6 Å². The Balaban J connectivity index is 2.02. The summed E-state index contributed by atoms with van der Waals surface area (Å²) < 4.78 is 38.3. The summed E-state index contributed by atoms with van der Waals surface area (Å²) in [7, 11) is 0. The van der Waals surface area contributed by atoms with Crippen molar-refractivity contribution < 1.29 is 13.2 Å². The molecule has 0 radical (unpaired) electrons. The molecule has 1 aliphatic heterocycles. The molecule has 0 spiro atoms. The van der Waals surface area contributed by atoms with Crippen LogP contribution in [0.25, 0.3) is 0 Å². The number of alkyl halides is 3. The lowest BCUT2D eigenvalue weighted by molar-refractivity contribution is -0.137. The molecule has 1 fully saturated rings. The van der Waals surface area contributed by atoms with Gasteiger partial charge < -0.3 is 5.73 Å². The van der Waals surface area contributed by atoms with E-state index in [1.807, 2.05) is 6.92 Å². The fourth-order valence-corrected chi connectivity index (χ4v) is 3.06. The third kappa shape index (κ3) is 4.59. The Labute approximate surface area is 128 Å². The molecule has 1 aliphatic rings. The Hall–Kier alpha value is -0.780. The Morgan fingerprint density at radius 1 is 1.29 bits per heavy atom. The minimum atomic E-state index is -4.36. The molecule has 0 aromatic heterocycles. The average Bonchev–Trinajstić information content (AvgIpc) is 2.37. The molecule has 6 heteroatoms. The summed E-state index contributed by atoms with van der Waals surface area (Å²) >= 11 is 5.80. The van der Waals surface area contributed by atoms with Crippen LogP contribution in [-0.4, -0.2) is 24.0 Å². The fraction of sp³-hybridized carbons (Fsp3) is 0.600. The summed E-state index contributed by atoms with van der Waals surface area (Å²) in [5.41, 5.74) is 5.81. The van der Waals surface area contributed by atoms with Crippen molar-refractivity contribution >= 4 is 11.6 Å². The van der Waals surface area contributed by atoms with Crippen LogP contribution in [0, 0.1) is 5.92 Å². The largest absolute Gasteiger partial charge is 0.416 e. The van der Waals surface area contributed by atoms with E-state index >= 15 is 0 Å². The zero-order chi connectivity index (χ0) is 15.6. The van der Waals surface area contributed by atoms with Crippen LogP contribution in [0.1, 0.15) is 30.9 Å². The lowest BCUT2D eigenvalue weighted by atomic mass is 9.91. The molecule has 0 aliphatic carbocycles. The number of rotatable bonds is 3. The van der Waals surface area contributed by atoms with Gasteiger partial charge in [-0.25, -0.2) is 0 Å². The van der Waals surface area contributed by atoms with Crippen molar-refractivity contribution in [2.24, 2.45) is 11.7 Å². The van der Waals surface area contributed by atoms with E-state index in [1.165, 1.54) is 6.07 Å². The SMILES string of the molecule is CC(N)C1CCN(Cc2cc(Cl)cc(C(F)(F)F)c2)CC1. The number of hydrogen-bond donors (Lipinski definition) is 1. The van der Waals surface area contributed by atoms with Gasteiger partial charge in [-0.1, -0.05) is 11.6 Å². The second kappa shape index (κ2) is 6.55. The van der Waals surface area contributed by atoms with Crippen molar-refractivity contribution in [1.82, 2.24) is 4.90 Å². The summed E-state index contributed by atoms with van der Waals surface area (Å²) in [6, 6.07) is 3.93. The molecule has 2 N–H and O–H groups in total. The molecular formula is C15H20ClF3N2. The third-order valence-corrected chi connectivity index (χ3v) is 4.29. The number of nitrogens with zero attached hydrogens (tertiary/aromatic N) is 1. The molecule has 1 aromatic carbocycles. The first-order valence-corrected chi connectivity index (χ1v) is 7.48. The zero-order valence-electron chi connectivity index (χ0n) is 12.0. The van der Waals surface area contributed by atoms with E-state index in [4.69, 9.17) is 17.3 Å². The maximum absolute atomic E-state index is 12.8. The molecule has 1 saturated heterocycles. The van der Waals surface area contributed by atoms with Crippen LogP contribution in [0.15, 0.2) is 18.2 Å². The van der Waals surface area contributed by atoms with E-state index < -0.39 is 11.7 Å². The van der Waals surface area contributed by atoms with Gasteiger partial charge in [0.05, 0.1) is 5.56 Å². The van der Waals surface area contributed by atoms with Gasteiger partial charge in [-0.3, -0.25) is 4.90 Å². The first-order chi connectivity index (χ1) is 9.75. The van der Waals surface area contributed by atoms with E-state index in [2.05, 4.69) is 4.90 Å². The third-order valence-electron chi connectivity index (χ3n) is 4.07. The van der Waals surface area contributed by atoms with Crippen molar-refractivity contribution in [3.8, 4) is 0 Å². The van der Waals surface area contributed by atoms with E-state index in [0.29, 0.717) is 18.0 Å². The Morgan fingerprint density at radius 3 is 2.43 bits per heavy atom. The number of likely N-dealkylation sites (tertiary alicyclic amines) is 1. The van der Waals surface area contributed by atoms with Crippen molar-refractivity contribution in [2.45, 2.75) is 38.5 Å². The van der Waals surface area contributed by atoms with Gasteiger partial charge in [0, 0.05) is 17.6 Å². The zero-order valence-corrected chi connectivity index (χ0v) is 12.7. The Bertz CT molecular complexity index is 480. The molecule has 2 rings (SSSR count). The van der Waals surface area contributed by atoms with Crippen LogP contribution in [0.2, 0.25) is 5.02 Å². The van der Waals surface area contributed by atoms with E-state index in [-0.39, 0.29) is 11.1 Å². The van der Waals surface area contributed by atoms with E-state index in [9.17, 15) is 13.2 Å². The predicted octanol–water partition coefficient (Wildman–Crippen LogP) is 3.92. The maximum Gasteiger partial charge on any atom is 0.416 e. The normalized spacial score (nSPS) is 19.7. The van der Waals surface area contributed by atoms with Gasteiger partial charge in [-0.2, -0.15) is 13.2 Å². The second-order valence-corrected chi connectivity index (χ2v) is 6.26. The van der Waals surface area contributed by atoms with Gasteiger partial charge in [0.2, 0.25) is 0 Å². The highest BCUT2D eigenvalue weighted by atomic mass is 35.5. The number of hydrogen-bond acceptors (Lipinski definition) is 2. The van der Waals surface area contributed by atoms with Crippen LogP contribution in [0.5, 0.6) is 0 Å². The molecule has 2 nitrogen and oxygen atoms in total. The lowest BCUT2D eigenvalue weighted by Crippen LogP contribution is -2.39. The lowest BCUT2D eigenvalue weighted by Gasteiger charge is -2.33. The van der Waals surface area contributed by atoms with Crippen molar-refractivity contribution in [3.63, 3.8) is 0 Å². The second-order valence-electron chi connectivity index (χ2n) is 5.82. The fourth-order valence-electron chi connectivity index (χ4n) is 2.80. The van der Waals surface area contributed by atoms with Gasteiger partial charge in [0.25, 0.3) is 0 Å². The molecular weight excluding hydrogens is 301 g/mol. The first-order valence-electron chi connectivity index (χ1n) is 7.10. The van der Waals surface area contributed by atoms with Gasteiger partial charge in [0.15, 0.2) is 0 Å². The molecule has 1 unspecified atom stereocenters. The monoisotopic (exact) mass is 320 g/mol. The van der Waals surface area contributed by atoms with Crippen LogP contribution in [0.4, 0.5) is 13.2 Å². The number of nitrogens with two attached hydrogens (primary N) is 1. The smallest absolute Gasteiger partial charge is 0.328 e. The molecule has 118 valence electrons. The predicted molar refractivity (Wildman–Crippen MR) is 78.1 cm³/mol. The van der Waals surface area contributed by atoms with Gasteiger partial charge in [0.1, 0.15) is 0 Å². The minimum absolute atomic E-state index is 0.130. The molecule has 1 aromatic rings. The Kier molecular flexibility index (Phi) is 5.17. The molecule has 1 heterocycles. The highest BCUT2D eigenvalue weighted by Crippen LogP contribution is 2.32. The van der Waals surface area contributed by atoms with Crippen LogP contribution in [0.3, 0.4) is 0 Å². The summed E-state index contributed by atoms with van der Waals surface area (Å²) in [5.74, 6) is 0.506. The summed E-state index contributed by atoms with van der Waals surface area (Å²) in [6.07, 6.45) is -2.38. The quantitative estimate of drug-likeness (QED) is 0.914. The van der Waals surface area contributed by atoms with Crippen LogP contribution in [-0.2, 0) is 12.7 Å². The number of halogens is 4. The Morgan fingerprint density at radius 2 is 1.90 bits per heavy atom. The van der Waals surface area contributed by atoms with E-state index in [0.717, 1.165) is 32.0 Å².